The number of carbonyl (C=O) groups excluding carboxylic acids is 2. The summed E-state index contributed by atoms with van der Waals surface area (Å²) in [6.07, 6.45) is 2.92. The third-order valence-corrected chi connectivity index (χ3v) is 4.56. The lowest BCUT2D eigenvalue weighted by Gasteiger charge is -2.33. The number of aryl methyl sites for hydroxylation is 1. The summed E-state index contributed by atoms with van der Waals surface area (Å²) in [4.78, 5) is 27.5. The summed E-state index contributed by atoms with van der Waals surface area (Å²) < 4.78 is 6.75. The third kappa shape index (κ3) is 5.00. The van der Waals surface area contributed by atoms with E-state index in [2.05, 4.69) is 18.9 Å². The molecule has 8 heteroatoms. The van der Waals surface area contributed by atoms with E-state index in [1.807, 2.05) is 6.92 Å². The van der Waals surface area contributed by atoms with Crippen molar-refractivity contribution in [3.8, 4) is 0 Å². The van der Waals surface area contributed by atoms with Gasteiger partial charge in [-0.15, -0.1) is 0 Å². The van der Waals surface area contributed by atoms with Gasteiger partial charge in [-0.1, -0.05) is 25.4 Å². The molecule has 2 heterocycles. The summed E-state index contributed by atoms with van der Waals surface area (Å²) in [5, 5.41) is 4.99. The van der Waals surface area contributed by atoms with Gasteiger partial charge in [0.15, 0.2) is 0 Å². The number of nitrogens with zero attached hydrogens (tertiary/aromatic N) is 4. The second kappa shape index (κ2) is 9.07. The van der Waals surface area contributed by atoms with Crippen LogP contribution < -0.4 is 0 Å². The van der Waals surface area contributed by atoms with E-state index in [1.54, 1.807) is 27.5 Å². The monoisotopic (exact) mass is 382 g/mol. The highest BCUT2D eigenvalue weighted by Gasteiger charge is 2.24. The highest BCUT2D eigenvalue weighted by molar-refractivity contribution is 6.31. The Hall–Kier alpha value is -2.02. The fraction of sp³-hybridized carbons (Fsp3) is 0.611. The lowest BCUT2D eigenvalue weighted by molar-refractivity contribution is -0.127. The molecule has 1 saturated heterocycles. The second-order valence-corrected chi connectivity index (χ2v) is 7.07. The fourth-order valence-electron chi connectivity index (χ4n) is 2.81. The SMILES string of the molecule is CCOC(=O)N1CCN(C(=O)C=Cc2c(C)nn(CC(C)C)c2Cl)CC1. The fourth-order valence-corrected chi connectivity index (χ4v) is 3.11. The molecule has 2 amide bonds. The van der Waals surface area contributed by atoms with Crippen LogP contribution in [0.2, 0.25) is 5.15 Å². The highest BCUT2D eigenvalue weighted by Crippen LogP contribution is 2.22. The number of hydrogen-bond acceptors (Lipinski definition) is 4. The predicted molar refractivity (Wildman–Crippen MR) is 101 cm³/mol. The maximum absolute atomic E-state index is 12.4. The molecule has 1 aromatic rings. The molecule has 26 heavy (non-hydrogen) atoms. The Morgan fingerprint density at radius 2 is 1.85 bits per heavy atom. The van der Waals surface area contributed by atoms with Crippen molar-refractivity contribution in [3.63, 3.8) is 0 Å². The first-order valence-electron chi connectivity index (χ1n) is 8.95. The molecule has 1 aliphatic heterocycles. The van der Waals surface area contributed by atoms with Crippen LogP contribution in [0, 0.1) is 12.8 Å². The molecule has 0 radical (unpaired) electrons. The van der Waals surface area contributed by atoms with Crippen molar-refractivity contribution in [2.24, 2.45) is 5.92 Å². The van der Waals surface area contributed by atoms with Gasteiger partial charge >= 0.3 is 6.09 Å². The van der Waals surface area contributed by atoms with Crippen molar-refractivity contribution in [2.45, 2.75) is 34.2 Å². The molecule has 0 aliphatic carbocycles. The molecule has 1 fully saturated rings. The van der Waals surface area contributed by atoms with Crippen LogP contribution in [-0.4, -0.2) is 64.4 Å². The first-order valence-corrected chi connectivity index (χ1v) is 9.32. The minimum atomic E-state index is -0.324. The Kier molecular flexibility index (Phi) is 7.08. The number of piperazine rings is 1. The van der Waals surface area contributed by atoms with Gasteiger partial charge in [-0.05, 0) is 25.8 Å². The van der Waals surface area contributed by atoms with Crippen molar-refractivity contribution in [2.75, 3.05) is 32.8 Å². The Morgan fingerprint density at radius 3 is 2.42 bits per heavy atom. The molecule has 0 unspecified atom stereocenters. The van der Waals surface area contributed by atoms with E-state index < -0.39 is 0 Å². The van der Waals surface area contributed by atoms with E-state index in [9.17, 15) is 9.59 Å². The van der Waals surface area contributed by atoms with Crippen molar-refractivity contribution < 1.29 is 14.3 Å². The van der Waals surface area contributed by atoms with E-state index in [0.29, 0.717) is 43.9 Å². The standard InChI is InChI=1S/C18H27ClN4O3/c1-5-26-18(25)22-10-8-21(9-11-22)16(24)7-6-15-14(4)20-23(17(15)19)12-13(2)3/h6-7,13H,5,8-12H2,1-4H3. The largest absolute Gasteiger partial charge is 0.450 e. The Bertz CT molecular complexity index is 676. The minimum Gasteiger partial charge on any atom is -0.450 e. The molecule has 0 bridgehead atoms. The maximum atomic E-state index is 12.4. The summed E-state index contributed by atoms with van der Waals surface area (Å²) in [5.74, 6) is 0.335. The van der Waals surface area contributed by atoms with Crippen LogP contribution in [0.5, 0.6) is 0 Å². The zero-order valence-electron chi connectivity index (χ0n) is 15.9. The number of amides is 2. The van der Waals surface area contributed by atoms with Gasteiger partial charge in [0.1, 0.15) is 5.15 Å². The summed E-state index contributed by atoms with van der Waals surface area (Å²) in [5.41, 5.74) is 1.57. The van der Waals surface area contributed by atoms with Crippen LogP contribution >= 0.6 is 11.6 Å². The second-order valence-electron chi connectivity index (χ2n) is 6.71. The average Bonchev–Trinajstić information content (AvgIpc) is 2.86. The van der Waals surface area contributed by atoms with Gasteiger partial charge in [0.05, 0.1) is 12.3 Å². The summed E-state index contributed by atoms with van der Waals surface area (Å²) in [7, 11) is 0. The minimum absolute atomic E-state index is 0.0967. The summed E-state index contributed by atoms with van der Waals surface area (Å²) >= 11 is 6.39. The molecular weight excluding hydrogens is 356 g/mol. The van der Waals surface area contributed by atoms with E-state index in [4.69, 9.17) is 16.3 Å². The molecular formula is C18H27ClN4O3. The van der Waals surface area contributed by atoms with E-state index >= 15 is 0 Å². The number of halogens is 1. The highest BCUT2D eigenvalue weighted by atomic mass is 35.5. The molecule has 0 atom stereocenters. The van der Waals surface area contributed by atoms with Gasteiger partial charge < -0.3 is 14.5 Å². The first kappa shape index (κ1) is 20.3. The zero-order chi connectivity index (χ0) is 19.3. The normalized spacial score (nSPS) is 15.2. The molecule has 2 rings (SSSR count). The molecule has 144 valence electrons. The van der Waals surface area contributed by atoms with Crippen molar-refractivity contribution in [1.82, 2.24) is 19.6 Å². The number of rotatable bonds is 5. The number of ether oxygens (including phenoxy) is 1. The summed E-state index contributed by atoms with van der Waals surface area (Å²) in [6, 6.07) is 0. The van der Waals surface area contributed by atoms with Crippen molar-refractivity contribution >= 4 is 29.7 Å². The molecule has 0 saturated carbocycles. The third-order valence-electron chi connectivity index (χ3n) is 4.16. The molecule has 1 aliphatic rings. The Labute approximate surface area is 159 Å². The van der Waals surface area contributed by atoms with Crippen LogP contribution in [0.1, 0.15) is 32.0 Å². The number of carbonyl (C=O) groups is 2. The molecule has 0 aromatic carbocycles. The van der Waals surface area contributed by atoms with Crippen LogP contribution in [0.3, 0.4) is 0 Å². The smallest absolute Gasteiger partial charge is 0.409 e. The van der Waals surface area contributed by atoms with E-state index in [0.717, 1.165) is 17.8 Å². The van der Waals surface area contributed by atoms with Gasteiger partial charge in [-0.3, -0.25) is 9.48 Å². The number of aromatic nitrogens is 2. The summed E-state index contributed by atoms with van der Waals surface area (Å²) in [6.45, 7) is 10.9. The van der Waals surface area contributed by atoms with Gasteiger partial charge in [0, 0.05) is 44.4 Å². The maximum Gasteiger partial charge on any atom is 0.409 e. The van der Waals surface area contributed by atoms with E-state index in [1.165, 1.54) is 6.08 Å². The molecule has 0 spiro atoms. The first-order chi connectivity index (χ1) is 12.3. The van der Waals surface area contributed by atoms with Crippen molar-refractivity contribution in [1.29, 1.82) is 0 Å². The Morgan fingerprint density at radius 1 is 1.23 bits per heavy atom. The Balaban J connectivity index is 1.96. The zero-order valence-corrected chi connectivity index (χ0v) is 16.6. The molecule has 1 aromatic heterocycles. The predicted octanol–water partition coefficient (Wildman–Crippen LogP) is 2.81. The van der Waals surface area contributed by atoms with Crippen LogP contribution in [0.25, 0.3) is 6.08 Å². The quantitative estimate of drug-likeness (QED) is 0.734. The van der Waals surface area contributed by atoms with Gasteiger partial charge in [-0.25, -0.2) is 4.79 Å². The molecule has 7 nitrogen and oxygen atoms in total. The number of hydrogen-bond donors (Lipinski definition) is 0. The average molecular weight is 383 g/mol. The van der Waals surface area contributed by atoms with Crippen LogP contribution in [-0.2, 0) is 16.1 Å². The van der Waals surface area contributed by atoms with Crippen LogP contribution in [0.4, 0.5) is 4.79 Å². The van der Waals surface area contributed by atoms with Crippen LogP contribution in [0.15, 0.2) is 6.08 Å². The van der Waals surface area contributed by atoms with E-state index in [-0.39, 0.29) is 12.0 Å². The topological polar surface area (TPSA) is 67.7 Å². The van der Waals surface area contributed by atoms with Gasteiger partial charge in [0.25, 0.3) is 0 Å². The van der Waals surface area contributed by atoms with Gasteiger partial charge in [-0.2, -0.15) is 5.10 Å². The lowest BCUT2D eigenvalue weighted by atomic mass is 10.2. The van der Waals surface area contributed by atoms with Gasteiger partial charge in [0.2, 0.25) is 5.91 Å². The lowest BCUT2D eigenvalue weighted by Crippen LogP contribution is -2.50. The van der Waals surface area contributed by atoms with Crippen molar-refractivity contribution in [3.05, 3.63) is 22.5 Å². The molecule has 0 N–H and O–H groups in total.